The molecule has 0 atom stereocenters. The predicted molar refractivity (Wildman–Crippen MR) is 190 cm³/mol. The second-order valence-electron chi connectivity index (χ2n) is 13.8. The van der Waals surface area contributed by atoms with Gasteiger partial charge in [0.1, 0.15) is 37.2 Å². The van der Waals surface area contributed by atoms with Gasteiger partial charge in [-0.1, -0.05) is 38.0 Å². The lowest BCUT2D eigenvalue weighted by atomic mass is 9.89. The van der Waals surface area contributed by atoms with Crippen LogP contribution in [0.5, 0.6) is 0 Å². The van der Waals surface area contributed by atoms with Gasteiger partial charge >= 0.3 is 0 Å². The number of imide groups is 1. The fraction of sp³-hybridized carbons (Fsp3) is 0.475. The van der Waals surface area contributed by atoms with E-state index < -0.39 is 0 Å². The molecule has 0 spiro atoms. The third-order valence-electron chi connectivity index (χ3n) is 9.91. The molecule has 9 heteroatoms. The zero-order valence-electron chi connectivity index (χ0n) is 29.6. The minimum absolute atomic E-state index is 0.174. The van der Waals surface area contributed by atoms with Gasteiger partial charge < -0.3 is 0 Å². The molecule has 1 aliphatic heterocycles. The summed E-state index contributed by atoms with van der Waals surface area (Å²) in [5.74, 6) is -0.347. The van der Waals surface area contributed by atoms with E-state index >= 15 is 0 Å². The van der Waals surface area contributed by atoms with Crippen LogP contribution < -0.4 is 13.7 Å². The quantitative estimate of drug-likeness (QED) is 0.0600. The maximum atomic E-state index is 13.5. The monoisotopic (exact) mass is 664 g/mol. The molecular weight excluding hydrogens is 610 g/mol. The standard InChI is InChI=1S/C40H54N7O2/c1-3-4-8-19-43-27-29-45(32-43)21-10-11-22-46-30-28-44(33-46)20-9-6-5-7-14-34-17-18-37-38-35(34)15-12-16-36(38)39(48)47(40(37)49)24-13-23-42-26-25-41(2)31-42/h12,15-18,25-33H,3-11,13-14,19-24H2,1-2H3/q+3. The maximum Gasteiger partial charge on any atom is 0.261 e. The number of carbonyl (C=O) groups excluding carboxylic acids is 2. The molecule has 0 saturated carbocycles. The van der Waals surface area contributed by atoms with Crippen LogP contribution in [-0.2, 0) is 46.2 Å². The molecule has 2 aromatic carbocycles. The molecular formula is C40H54N7O2+3. The molecule has 5 aromatic rings. The first-order chi connectivity index (χ1) is 24.0. The number of aromatic nitrogens is 6. The minimum atomic E-state index is -0.174. The van der Waals surface area contributed by atoms with Crippen LogP contribution in [0.3, 0.4) is 0 Å². The number of unbranched alkanes of at least 4 members (excludes halogenated alkanes) is 6. The lowest BCUT2D eigenvalue weighted by Gasteiger charge is -2.27. The average molecular weight is 665 g/mol. The van der Waals surface area contributed by atoms with E-state index in [0.29, 0.717) is 24.1 Å². The number of nitrogens with zero attached hydrogens (tertiary/aromatic N) is 7. The lowest BCUT2D eigenvalue weighted by Crippen LogP contribution is -2.41. The van der Waals surface area contributed by atoms with Gasteiger partial charge in [-0.3, -0.25) is 14.5 Å². The number of rotatable bonds is 20. The Morgan fingerprint density at radius 2 is 1.20 bits per heavy atom. The summed E-state index contributed by atoms with van der Waals surface area (Å²) >= 11 is 0. The van der Waals surface area contributed by atoms with E-state index in [4.69, 9.17) is 0 Å². The SMILES string of the molecule is CCCCC[n+]1ccn(CCCCn2cc[n+](CCCCCCc3ccc4c5c(cccc35)C(=O)N(CCCn3cc[n+](C)c3)C4=O)c2)c1. The van der Waals surface area contributed by atoms with Crippen molar-refractivity contribution in [3.63, 3.8) is 0 Å². The van der Waals surface area contributed by atoms with Gasteiger partial charge in [-0.15, -0.1) is 0 Å². The van der Waals surface area contributed by atoms with Crippen molar-refractivity contribution in [1.82, 2.24) is 18.6 Å². The topological polar surface area (TPSA) is 63.8 Å². The van der Waals surface area contributed by atoms with Crippen LogP contribution >= 0.6 is 0 Å². The summed E-state index contributed by atoms with van der Waals surface area (Å²) in [6.45, 7) is 7.72. The zero-order valence-corrected chi connectivity index (χ0v) is 29.6. The van der Waals surface area contributed by atoms with Crippen LogP contribution in [0.1, 0.15) is 97.4 Å². The van der Waals surface area contributed by atoms with E-state index in [1.807, 2.05) is 48.5 Å². The summed E-state index contributed by atoms with van der Waals surface area (Å²) in [4.78, 5) is 28.4. The van der Waals surface area contributed by atoms with Gasteiger partial charge in [0, 0.05) is 29.5 Å². The van der Waals surface area contributed by atoms with Gasteiger partial charge in [0.2, 0.25) is 19.0 Å². The van der Waals surface area contributed by atoms with Crippen molar-refractivity contribution in [3.8, 4) is 0 Å². The summed E-state index contributed by atoms with van der Waals surface area (Å²) in [5.41, 5.74) is 2.53. The van der Waals surface area contributed by atoms with Crippen molar-refractivity contribution in [2.24, 2.45) is 7.05 Å². The highest BCUT2D eigenvalue weighted by atomic mass is 16.2. The molecule has 0 saturated heterocycles. The summed E-state index contributed by atoms with van der Waals surface area (Å²) in [6, 6.07) is 9.97. The molecule has 258 valence electrons. The third-order valence-corrected chi connectivity index (χ3v) is 9.91. The van der Waals surface area contributed by atoms with Gasteiger partial charge in [-0.05, 0) is 74.4 Å². The van der Waals surface area contributed by atoms with E-state index in [-0.39, 0.29) is 11.8 Å². The van der Waals surface area contributed by atoms with Crippen LogP contribution in [0.4, 0.5) is 0 Å². The maximum absolute atomic E-state index is 13.5. The van der Waals surface area contributed by atoms with E-state index in [1.54, 1.807) is 0 Å². The number of hydrogen-bond donors (Lipinski definition) is 0. The Morgan fingerprint density at radius 3 is 1.88 bits per heavy atom. The molecule has 0 aliphatic carbocycles. The number of carbonyl (C=O) groups is 2. The Labute approximate surface area is 291 Å². The van der Waals surface area contributed by atoms with Gasteiger partial charge in [-0.2, -0.15) is 0 Å². The molecule has 4 heterocycles. The molecule has 1 aliphatic rings. The van der Waals surface area contributed by atoms with Gasteiger partial charge in [-0.25, -0.2) is 27.4 Å². The number of hydrogen-bond acceptors (Lipinski definition) is 2. The summed E-state index contributed by atoms with van der Waals surface area (Å²) in [6.07, 6.45) is 31.7. The largest absolute Gasteiger partial charge is 0.274 e. The molecule has 49 heavy (non-hydrogen) atoms. The zero-order chi connectivity index (χ0) is 34.0. The van der Waals surface area contributed by atoms with E-state index in [9.17, 15) is 9.59 Å². The smallest absolute Gasteiger partial charge is 0.261 e. The molecule has 9 nitrogen and oxygen atoms in total. The van der Waals surface area contributed by atoms with Crippen molar-refractivity contribution < 1.29 is 23.3 Å². The van der Waals surface area contributed by atoms with Gasteiger partial charge in [0.05, 0.1) is 39.8 Å². The fourth-order valence-electron chi connectivity index (χ4n) is 7.18. The predicted octanol–water partition coefficient (Wildman–Crippen LogP) is 5.80. The van der Waals surface area contributed by atoms with Crippen LogP contribution in [0.2, 0.25) is 0 Å². The van der Waals surface area contributed by atoms with E-state index in [0.717, 1.165) is 69.2 Å². The highest BCUT2D eigenvalue weighted by molar-refractivity contribution is 6.25. The summed E-state index contributed by atoms with van der Waals surface area (Å²) in [7, 11) is 1.98. The highest BCUT2D eigenvalue weighted by Gasteiger charge is 2.33. The van der Waals surface area contributed by atoms with Crippen LogP contribution in [-0.4, -0.2) is 37.0 Å². The van der Waals surface area contributed by atoms with Crippen LogP contribution in [0.15, 0.2) is 86.5 Å². The van der Waals surface area contributed by atoms with E-state index in [1.165, 1.54) is 49.0 Å². The Morgan fingerprint density at radius 1 is 0.592 bits per heavy atom. The first-order valence-electron chi connectivity index (χ1n) is 18.5. The molecule has 0 unspecified atom stereocenters. The summed E-state index contributed by atoms with van der Waals surface area (Å²) in [5, 5.41) is 1.88. The second-order valence-corrected chi connectivity index (χ2v) is 13.8. The average Bonchev–Trinajstić information content (AvgIpc) is 3.87. The highest BCUT2D eigenvalue weighted by Crippen LogP contribution is 2.33. The fourth-order valence-corrected chi connectivity index (χ4v) is 7.18. The van der Waals surface area contributed by atoms with Crippen molar-refractivity contribution in [2.45, 2.75) is 110 Å². The normalized spacial score (nSPS) is 12.9. The summed E-state index contributed by atoms with van der Waals surface area (Å²) < 4.78 is 13.3. The Kier molecular flexibility index (Phi) is 11.7. The van der Waals surface area contributed by atoms with Crippen molar-refractivity contribution in [2.75, 3.05) is 6.54 Å². The molecule has 2 amide bonds. The minimum Gasteiger partial charge on any atom is -0.274 e. The Balaban J connectivity index is 0.909. The first kappa shape index (κ1) is 34.3. The molecule has 0 N–H and O–H groups in total. The number of aryl methyl sites for hydroxylation is 7. The van der Waals surface area contributed by atoms with Gasteiger partial charge in [0.15, 0.2) is 0 Å². The van der Waals surface area contributed by atoms with Crippen LogP contribution in [0.25, 0.3) is 10.8 Å². The third kappa shape index (κ3) is 8.74. The Hall–Kier alpha value is -4.53. The molecule has 3 aromatic heterocycles. The number of amides is 2. The van der Waals surface area contributed by atoms with Crippen molar-refractivity contribution in [3.05, 3.63) is 103 Å². The van der Waals surface area contributed by atoms with Gasteiger partial charge in [0.25, 0.3) is 11.8 Å². The van der Waals surface area contributed by atoms with E-state index in [2.05, 4.69) is 79.3 Å². The van der Waals surface area contributed by atoms with Crippen LogP contribution in [0, 0.1) is 0 Å². The van der Waals surface area contributed by atoms with Crippen molar-refractivity contribution >= 4 is 22.6 Å². The lowest BCUT2D eigenvalue weighted by molar-refractivity contribution is -0.697. The molecule has 0 radical (unpaired) electrons. The Bertz CT molecular complexity index is 1830. The molecule has 0 bridgehead atoms. The number of imidazole rings is 3. The molecule has 6 rings (SSSR count). The number of benzene rings is 2. The van der Waals surface area contributed by atoms with Crippen molar-refractivity contribution in [1.29, 1.82) is 0 Å². The molecule has 0 fully saturated rings. The second kappa shape index (κ2) is 16.7. The first-order valence-corrected chi connectivity index (χ1v) is 18.5.